The molecule has 0 bridgehead atoms. The average Bonchev–Trinajstić information content (AvgIpc) is 2.67. The molecule has 4 heteroatoms. The Labute approximate surface area is 164 Å². The SMILES string of the molecule is CC(C)C(Cc1cccc(Oc2ccccc2)c1)(C(=O)O)c1ccc(F)cc1. The average molecular weight is 378 g/mol. The number of para-hydroxylation sites is 1. The second-order valence-electron chi connectivity index (χ2n) is 7.18. The fourth-order valence-electron chi connectivity index (χ4n) is 3.50. The van der Waals surface area contributed by atoms with E-state index in [0.717, 1.165) is 5.56 Å². The number of hydrogen-bond donors (Lipinski definition) is 1. The molecule has 0 spiro atoms. The molecule has 3 aromatic carbocycles. The highest BCUT2D eigenvalue weighted by Crippen LogP contribution is 2.37. The lowest BCUT2D eigenvalue weighted by atomic mass is 9.68. The minimum atomic E-state index is -1.17. The Morgan fingerprint density at radius 2 is 1.61 bits per heavy atom. The van der Waals surface area contributed by atoms with Crippen LogP contribution < -0.4 is 4.74 Å². The maximum atomic E-state index is 13.4. The third-order valence-electron chi connectivity index (χ3n) is 5.09. The molecular weight excluding hydrogens is 355 g/mol. The van der Waals surface area contributed by atoms with Gasteiger partial charge >= 0.3 is 5.97 Å². The molecule has 1 N–H and O–H groups in total. The minimum absolute atomic E-state index is 0.200. The van der Waals surface area contributed by atoms with Crippen LogP contribution in [-0.4, -0.2) is 11.1 Å². The van der Waals surface area contributed by atoms with E-state index >= 15 is 0 Å². The zero-order chi connectivity index (χ0) is 20.1. The lowest BCUT2D eigenvalue weighted by Gasteiger charge is -2.34. The monoisotopic (exact) mass is 378 g/mol. The summed E-state index contributed by atoms with van der Waals surface area (Å²) >= 11 is 0. The highest BCUT2D eigenvalue weighted by atomic mass is 19.1. The first kappa shape index (κ1) is 19.6. The molecule has 1 atom stereocenters. The van der Waals surface area contributed by atoms with E-state index in [1.54, 1.807) is 12.1 Å². The molecule has 0 saturated carbocycles. The molecule has 3 nitrogen and oxygen atoms in total. The van der Waals surface area contributed by atoms with Crippen molar-refractivity contribution in [2.75, 3.05) is 0 Å². The van der Waals surface area contributed by atoms with E-state index in [1.807, 2.05) is 68.4 Å². The number of carboxylic acids is 1. The molecule has 0 aliphatic rings. The van der Waals surface area contributed by atoms with Crippen LogP contribution in [0, 0.1) is 11.7 Å². The second kappa shape index (κ2) is 8.26. The van der Waals surface area contributed by atoms with Gasteiger partial charge < -0.3 is 9.84 Å². The van der Waals surface area contributed by atoms with Crippen molar-refractivity contribution in [1.82, 2.24) is 0 Å². The van der Waals surface area contributed by atoms with E-state index in [4.69, 9.17) is 4.74 Å². The third-order valence-corrected chi connectivity index (χ3v) is 5.09. The van der Waals surface area contributed by atoms with E-state index in [1.165, 1.54) is 12.1 Å². The molecule has 3 rings (SSSR count). The molecule has 0 amide bonds. The quantitative estimate of drug-likeness (QED) is 0.562. The summed E-state index contributed by atoms with van der Waals surface area (Å²) in [6, 6.07) is 22.6. The maximum absolute atomic E-state index is 13.4. The van der Waals surface area contributed by atoms with Crippen LogP contribution in [0.5, 0.6) is 11.5 Å². The van der Waals surface area contributed by atoms with Gasteiger partial charge in [-0.3, -0.25) is 4.79 Å². The highest BCUT2D eigenvalue weighted by molar-refractivity contribution is 5.82. The van der Waals surface area contributed by atoms with Crippen molar-refractivity contribution in [3.63, 3.8) is 0 Å². The number of aliphatic carboxylic acids is 1. The van der Waals surface area contributed by atoms with Crippen LogP contribution in [0.2, 0.25) is 0 Å². The lowest BCUT2D eigenvalue weighted by Crippen LogP contribution is -2.43. The van der Waals surface area contributed by atoms with Crippen molar-refractivity contribution < 1.29 is 19.0 Å². The van der Waals surface area contributed by atoms with Gasteiger partial charge in [0.05, 0.1) is 5.41 Å². The smallest absolute Gasteiger partial charge is 0.314 e. The predicted molar refractivity (Wildman–Crippen MR) is 107 cm³/mol. The Bertz CT molecular complexity index is 936. The van der Waals surface area contributed by atoms with E-state index in [-0.39, 0.29) is 18.2 Å². The van der Waals surface area contributed by atoms with Crippen LogP contribution in [0.25, 0.3) is 0 Å². The van der Waals surface area contributed by atoms with Crippen molar-refractivity contribution in [3.05, 3.63) is 95.8 Å². The highest BCUT2D eigenvalue weighted by Gasteiger charge is 2.43. The van der Waals surface area contributed by atoms with Crippen LogP contribution in [0.1, 0.15) is 25.0 Å². The van der Waals surface area contributed by atoms with Gasteiger partial charge in [-0.1, -0.05) is 56.3 Å². The van der Waals surface area contributed by atoms with Crippen molar-refractivity contribution >= 4 is 5.97 Å². The minimum Gasteiger partial charge on any atom is -0.481 e. The number of hydrogen-bond acceptors (Lipinski definition) is 2. The summed E-state index contributed by atoms with van der Waals surface area (Å²) in [5.74, 6) is -0.153. The van der Waals surface area contributed by atoms with Crippen molar-refractivity contribution in [2.45, 2.75) is 25.7 Å². The van der Waals surface area contributed by atoms with Crippen molar-refractivity contribution in [2.24, 2.45) is 5.92 Å². The fraction of sp³-hybridized carbons (Fsp3) is 0.208. The molecule has 0 fully saturated rings. The molecule has 0 aromatic heterocycles. The fourth-order valence-corrected chi connectivity index (χ4v) is 3.50. The largest absolute Gasteiger partial charge is 0.481 e. The zero-order valence-corrected chi connectivity index (χ0v) is 15.9. The summed E-state index contributed by atoms with van der Waals surface area (Å²) in [6.07, 6.45) is 0.275. The number of ether oxygens (including phenoxy) is 1. The van der Waals surface area contributed by atoms with E-state index in [9.17, 15) is 14.3 Å². The Morgan fingerprint density at radius 3 is 2.21 bits per heavy atom. The summed E-state index contributed by atoms with van der Waals surface area (Å²) in [4.78, 5) is 12.4. The maximum Gasteiger partial charge on any atom is 0.314 e. The van der Waals surface area contributed by atoms with Gasteiger partial charge in [-0.15, -0.1) is 0 Å². The second-order valence-corrected chi connectivity index (χ2v) is 7.18. The molecule has 3 aromatic rings. The van der Waals surface area contributed by atoms with E-state index in [0.29, 0.717) is 17.1 Å². The normalized spacial score (nSPS) is 13.1. The first-order valence-corrected chi connectivity index (χ1v) is 9.23. The van der Waals surface area contributed by atoms with Crippen LogP contribution in [0.15, 0.2) is 78.9 Å². The molecule has 0 aliphatic carbocycles. The van der Waals surface area contributed by atoms with Crippen molar-refractivity contribution in [1.29, 1.82) is 0 Å². The summed E-state index contributed by atoms with van der Waals surface area (Å²) in [5, 5.41) is 10.2. The Morgan fingerprint density at radius 1 is 0.964 bits per heavy atom. The molecule has 0 aliphatic heterocycles. The molecule has 1 unspecified atom stereocenters. The van der Waals surface area contributed by atoms with Gasteiger partial charge in [0.15, 0.2) is 0 Å². The van der Waals surface area contributed by atoms with E-state index < -0.39 is 11.4 Å². The number of benzene rings is 3. The van der Waals surface area contributed by atoms with Gasteiger partial charge in [0.25, 0.3) is 0 Å². The molecule has 0 heterocycles. The Hall–Kier alpha value is -3.14. The van der Waals surface area contributed by atoms with Gasteiger partial charge in [-0.2, -0.15) is 0 Å². The van der Waals surface area contributed by atoms with Crippen LogP contribution in [-0.2, 0) is 16.6 Å². The summed E-state index contributed by atoms with van der Waals surface area (Å²) in [6.45, 7) is 3.75. The predicted octanol–water partition coefficient (Wildman–Crippen LogP) is 5.84. The standard InChI is InChI=1S/C24H23FO3/c1-17(2)24(23(26)27,19-11-13-20(25)14-12-19)16-18-7-6-10-22(15-18)28-21-8-4-3-5-9-21/h3-15,17H,16H2,1-2H3,(H,26,27). The van der Waals surface area contributed by atoms with Gasteiger partial charge in [-0.25, -0.2) is 4.39 Å². The number of carbonyl (C=O) groups is 1. The topological polar surface area (TPSA) is 46.5 Å². The Balaban J connectivity index is 1.96. The first-order valence-electron chi connectivity index (χ1n) is 9.23. The number of carboxylic acid groups (broad SMARTS) is 1. The summed E-state index contributed by atoms with van der Waals surface area (Å²) in [7, 11) is 0. The zero-order valence-electron chi connectivity index (χ0n) is 15.9. The summed E-state index contributed by atoms with van der Waals surface area (Å²) < 4.78 is 19.3. The van der Waals surface area contributed by atoms with Crippen LogP contribution >= 0.6 is 0 Å². The summed E-state index contributed by atoms with van der Waals surface area (Å²) in [5.41, 5.74) is 0.263. The number of rotatable bonds is 7. The van der Waals surface area contributed by atoms with Crippen LogP contribution in [0.3, 0.4) is 0 Å². The molecule has 0 radical (unpaired) electrons. The molecule has 0 saturated heterocycles. The molecule has 28 heavy (non-hydrogen) atoms. The van der Waals surface area contributed by atoms with Gasteiger partial charge in [-0.05, 0) is 59.9 Å². The van der Waals surface area contributed by atoms with Gasteiger partial charge in [0.2, 0.25) is 0 Å². The number of halogens is 1. The lowest BCUT2D eigenvalue weighted by molar-refractivity contribution is -0.145. The van der Waals surface area contributed by atoms with E-state index in [2.05, 4.69) is 0 Å². The Kier molecular flexibility index (Phi) is 5.78. The third kappa shape index (κ3) is 4.06. The van der Waals surface area contributed by atoms with Crippen molar-refractivity contribution in [3.8, 4) is 11.5 Å². The molecule has 144 valence electrons. The van der Waals surface area contributed by atoms with Gasteiger partial charge in [0, 0.05) is 0 Å². The van der Waals surface area contributed by atoms with Crippen LogP contribution in [0.4, 0.5) is 4.39 Å². The first-order chi connectivity index (χ1) is 13.4. The van der Waals surface area contributed by atoms with Gasteiger partial charge in [0.1, 0.15) is 17.3 Å². The molecular formula is C24H23FO3.